The maximum Gasteiger partial charge on any atom is 0.0761 e. The van der Waals surface area contributed by atoms with Gasteiger partial charge < -0.3 is 5.11 Å². The van der Waals surface area contributed by atoms with Gasteiger partial charge >= 0.3 is 0 Å². The lowest BCUT2D eigenvalue weighted by molar-refractivity contribution is 0.199. The molecule has 0 saturated carbocycles. The van der Waals surface area contributed by atoms with Gasteiger partial charge in [0.15, 0.2) is 0 Å². The zero-order valence-electron chi connectivity index (χ0n) is 7.71. The summed E-state index contributed by atoms with van der Waals surface area (Å²) < 4.78 is 1.04. The number of halogens is 1. The first kappa shape index (κ1) is 11.7. The first-order valence-corrected chi connectivity index (χ1v) is 4.93. The van der Waals surface area contributed by atoms with Gasteiger partial charge in [-0.05, 0) is 24.6 Å². The molecule has 1 unspecified atom stereocenters. The normalized spacial score (nSPS) is 11.4. The van der Waals surface area contributed by atoms with Gasteiger partial charge in [0.2, 0.25) is 0 Å². The van der Waals surface area contributed by atoms with Crippen molar-refractivity contribution in [3.05, 3.63) is 34.3 Å². The Morgan fingerprint density at radius 3 is 1.92 bits per heavy atom. The number of aliphatic hydroxyl groups is 1. The minimum absolute atomic E-state index is 0.368. The highest BCUT2D eigenvalue weighted by Gasteiger charge is 1.97. The van der Waals surface area contributed by atoms with Crippen molar-refractivity contribution in [1.29, 1.82) is 0 Å². The molecule has 68 valence electrons. The maximum absolute atomic E-state index is 9.10. The van der Waals surface area contributed by atoms with Crippen LogP contribution >= 0.6 is 15.9 Å². The van der Waals surface area contributed by atoms with Crippen molar-refractivity contribution in [2.45, 2.75) is 26.9 Å². The summed E-state index contributed by atoms with van der Waals surface area (Å²) in [6, 6.07) is 7.63. The van der Waals surface area contributed by atoms with Gasteiger partial charge in [-0.1, -0.05) is 41.9 Å². The van der Waals surface area contributed by atoms with Crippen LogP contribution in [-0.2, 0) is 0 Å². The topological polar surface area (TPSA) is 20.2 Å². The van der Waals surface area contributed by atoms with Crippen LogP contribution in [0.4, 0.5) is 0 Å². The highest BCUT2D eigenvalue weighted by molar-refractivity contribution is 9.10. The van der Waals surface area contributed by atoms with E-state index < -0.39 is 0 Å². The molecule has 0 aliphatic heterocycles. The molecule has 1 aromatic rings. The fourth-order valence-electron chi connectivity index (χ4n) is 0.741. The Hall–Kier alpha value is -0.340. The molecule has 2 heteroatoms. The first-order valence-electron chi connectivity index (χ1n) is 4.13. The Kier molecular flexibility index (Phi) is 6.03. The van der Waals surface area contributed by atoms with Crippen molar-refractivity contribution in [2.24, 2.45) is 0 Å². The van der Waals surface area contributed by atoms with E-state index in [1.807, 2.05) is 38.1 Å². The molecule has 1 N–H and O–H groups in total. The van der Waals surface area contributed by atoms with Crippen LogP contribution in [0.1, 0.15) is 32.4 Å². The molecule has 0 fully saturated rings. The Morgan fingerprint density at radius 1 is 1.17 bits per heavy atom. The lowest BCUT2D eigenvalue weighted by Gasteiger charge is -2.02. The monoisotopic (exact) mass is 230 g/mol. The van der Waals surface area contributed by atoms with Crippen LogP contribution in [0.25, 0.3) is 0 Å². The van der Waals surface area contributed by atoms with E-state index >= 15 is 0 Å². The first-order chi connectivity index (χ1) is 5.70. The van der Waals surface area contributed by atoms with Crippen molar-refractivity contribution in [2.75, 3.05) is 0 Å². The lowest BCUT2D eigenvalue weighted by atomic mass is 10.1. The van der Waals surface area contributed by atoms with Crippen molar-refractivity contribution >= 4 is 15.9 Å². The highest BCUT2D eigenvalue weighted by Crippen LogP contribution is 2.15. The van der Waals surface area contributed by atoms with Crippen LogP contribution in [0.5, 0.6) is 0 Å². The Morgan fingerprint density at radius 2 is 1.58 bits per heavy atom. The predicted molar refractivity (Wildman–Crippen MR) is 56.1 cm³/mol. The molecule has 0 radical (unpaired) electrons. The SMILES string of the molecule is CC.CC(O)c1ccc(Br)cc1. The number of aliphatic hydroxyl groups excluding tert-OH is 1. The highest BCUT2D eigenvalue weighted by atomic mass is 79.9. The van der Waals surface area contributed by atoms with E-state index in [0.717, 1.165) is 10.0 Å². The molecule has 0 amide bonds. The smallest absolute Gasteiger partial charge is 0.0761 e. The van der Waals surface area contributed by atoms with E-state index in [2.05, 4.69) is 15.9 Å². The van der Waals surface area contributed by atoms with E-state index in [-0.39, 0.29) is 6.10 Å². The van der Waals surface area contributed by atoms with Gasteiger partial charge in [-0.3, -0.25) is 0 Å². The van der Waals surface area contributed by atoms with Crippen molar-refractivity contribution in [3.8, 4) is 0 Å². The number of rotatable bonds is 1. The van der Waals surface area contributed by atoms with Crippen LogP contribution in [-0.4, -0.2) is 5.11 Å². The second-order valence-electron chi connectivity index (χ2n) is 2.23. The summed E-state index contributed by atoms with van der Waals surface area (Å²) in [4.78, 5) is 0. The van der Waals surface area contributed by atoms with Crippen molar-refractivity contribution in [1.82, 2.24) is 0 Å². The summed E-state index contributed by atoms with van der Waals surface area (Å²) in [5.74, 6) is 0. The van der Waals surface area contributed by atoms with E-state index in [1.165, 1.54) is 0 Å². The zero-order valence-corrected chi connectivity index (χ0v) is 9.30. The molecule has 0 aliphatic rings. The minimum atomic E-state index is -0.368. The fourth-order valence-corrected chi connectivity index (χ4v) is 1.01. The summed E-state index contributed by atoms with van der Waals surface area (Å²) in [5.41, 5.74) is 0.947. The lowest BCUT2D eigenvalue weighted by Crippen LogP contribution is -1.88. The Bertz CT molecular complexity index is 204. The molecule has 12 heavy (non-hydrogen) atoms. The summed E-state index contributed by atoms with van der Waals surface area (Å²) in [5, 5.41) is 9.10. The van der Waals surface area contributed by atoms with Gasteiger partial charge in [0.05, 0.1) is 6.10 Å². The Balaban J connectivity index is 0.000000561. The van der Waals surface area contributed by atoms with Gasteiger partial charge in [0.25, 0.3) is 0 Å². The number of benzene rings is 1. The fraction of sp³-hybridized carbons (Fsp3) is 0.400. The molecule has 0 aromatic heterocycles. The molecule has 0 bridgehead atoms. The van der Waals surface area contributed by atoms with E-state index in [4.69, 9.17) is 5.11 Å². The molecule has 1 nitrogen and oxygen atoms in total. The van der Waals surface area contributed by atoms with Gasteiger partial charge in [0.1, 0.15) is 0 Å². The van der Waals surface area contributed by atoms with Gasteiger partial charge in [-0.25, -0.2) is 0 Å². The molecule has 0 saturated heterocycles. The van der Waals surface area contributed by atoms with Crippen molar-refractivity contribution < 1.29 is 5.11 Å². The molecule has 0 spiro atoms. The average Bonchev–Trinajstić information content (AvgIpc) is 2.09. The second-order valence-corrected chi connectivity index (χ2v) is 3.14. The van der Waals surface area contributed by atoms with Crippen molar-refractivity contribution in [3.63, 3.8) is 0 Å². The summed E-state index contributed by atoms with van der Waals surface area (Å²) in [6.45, 7) is 5.75. The quantitative estimate of drug-likeness (QED) is 0.783. The van der Waals surface area contributed by atoms with Crippen LogP contribution in [0.3, 0.4) is 0 Å². The number of hydrogen-bond acceptors (Lipinski definition) is 1. The van der Waals surface area contributed by atoms with Gasteiger partial charge in [0, 0.05) is 4.47 Å². The minimum Gasteiger partial charge on any atom is -0.389 e. The molecule has 1 rings (SSSR count). The molecule has 1 atom stereocenters. The van der Waals surface area contributed by atoms with Gasteiger partial charge in [-0.15, -0.1) is 0 Å². The van der Waals surface area contributed by atoms with Crippen LogP contribution in [0.2, 0.25) is 0 Å². The third kappa shape index (κ3) is 3.88. The average molecular weight is 231 g/mol. The second kappa shape index (κ2) is 6.21. The summed E-state index contributed by atoms with van der Waals surface area (Å²) in [6.07, 6.45) is -0.368. The standard InChI is InChI=1S/C8H9BrO.C2H6/c1-6(10)7-2-4-8(9)5-3-7;1-2/h2-6,10H,1H3;1-2H3. The van der Waals surface area contributed by atoms with E-state index in [9.17, 15) is 0 Å². The summed E-state index contributed by atoms with van der Waals surface area (Å²) in [7, 11) is 0. The van der Waals surface area contributed by atoms with E-state index in [0.29, 0.717) is 0 Å². The molecule has 0 aliphatic carbocycles. The summed E-state index contributed by atoms with van der Waals surface area (Å²) >= 11 is 3.31. The van der Waals surface area contributed by atoms with Crippen LogP contribution in [0.15, 0.2) is 28.7 Å². The zero-order chi connectivity index (χ0) is 9.56. The molecular formula is C10H15BrO. The number of hydrogen-bond donors (Lipinski definition) is 1. The molecule has 0 heterocycles. The Labute approximate surface area is 82.6 Å². The third-order valence-electron chi connectivity index (χ3n) is 1.35. The largest absolute Gasteiger partial charge is 0.389 e. The predicted octanol–water partition coefficient (Wildman–Crippen LogP) is 3.53. The third-order valence-corrected chi connectivity index (χ3v) is 1.88. The van der Waals surface area contributed by atoms with Crippen LogP contribution < -0.4 is 0 Å². The molecule has 1 aromatic carbocycles. The molecular weight excluding hydrogens is 216 g/mol. The maximum atomic E-state index is 9.10. The van der Waals surface area contributed by atoms with Gasteiger partial charge in [-0.2, -0.15) is 0 Å². The van der Waals surface area contributed by atoms with Crippen LogP contribution in [0, 0.1) is 0 Å². The van der Waals surface area contributed by atoms with E-state index in [1.54, 1.807) is 6.92 Å².